The molecule has 6 nitrogen and oxygen atoms in total. The number of benzene rings is 1. The monoisotopic (exact) mass is 348 g/mol. The summed E-state index contributed by atoms with van der Waals surface area (Å²) in [6.07, 6.45) is -0.734. The van der Waals surface area contributed by atoms with Crippen molar-refractivity contribution in [1.82, 2.24) is 10.2 Å². The van der Waals surface area contributed by atoms with Gasteiger partial charge in [-0.15, -0.1) is 0 Å². The maximum absolute atomic E-state index is 12.8. The highest BCUT2D eigenvalue weighted by molar-refractivity contribution is 5.86. The summed E-state index contributed by atoms with van der Waals surface area (Å²) in [5.74, 6) is -0.339. The molecule has 2 amide bonds. The number of amides is 2. The van der Waals surface area contributed by atoms with E-state index in [2.05, 4.69) is 5.32 Å². The summed E-state index contributed by atoms with van der Waals surface area (Å²) in [6.45, 7) is 6.94. The smallest absolute Gasteiger partial charge is 0.251 e. The highest BCUT2D eigenvalue weighted by Gasteiger charge is 2.40. The van der Waals surface area contributed by atoms with Crippen LogP contribution in [0.4, 0.5) is 0 Å². The Hall–Kier alpha value is -1.92. The highest BCUT2D eigenvalue weighted by Crippen LogP contribution is 2.31. The number of aryl methyl sites for hydroxylation is 1. The van der Waals surface area contributed by atoms with Gasteiger partial charge in [-0.3, -0.25) is 9.59 Å². The van der Waals surface area contributed by atoms with Gasteiger partial charge in [0, 0.05) is 26.1 Å². The van der Waals surface area contributed by atoms with Crippen molar-refractivity contribution in [2.45, 2.75) is 32.9 Å². The summed E-state index contributed by atoms with van der Waals surface area (Å²) >= 11 is 0. The number of nitrogens with one attached hydrogen (secondary N) is 1. The second kappa shape index (κ2) is 7.97. The van der Waals surface area contributed by atoms with Gasteiger partial charge in [0.25, 0.3) is 5.91 Å². The second-order valence-corrected chi connectivity index (χ2v) is 7.35. The van der Waals surface area contributed by atoms with Crippen LogP contribution in [0.2, 0.25) is 0 Å². The van der Waals surface area contributed by atoms with Crippen LogP contribution in [-0.4, -0.2) is 56.7 Å². The minimum Gasteiger partial charge on any atom is -0.384 e. The fourth-order valence-corrected chi connectivity index (χ4v) is 3.09. The molecule has 6 heteroatoms. The van der Waals surface area contributed by atoms with Gasteiger partial charge in [-0.1, -0.05) is 38.1 Å². The van der Waals surface area contributed by atoms with E-state index in [0.29, 0.717) is 13.2 Å². The van der Waals surface area contributed by atoms with Gasteiger partial charge in [-0.05, 0) is 18.1 Å². The molecule has 1 saturated heterocycles. The Balaban J connectivity index is 2.20. The zero-order valence-corrected chi connectivity index (χ0v) is 15.7. The largest absolute Gasteiger partial charge is 0.384 e. The van der Waals surface area contributed by atoms with Gasteiger partial charge in [-0.2, -0.15) is 0 Å². The Labute approximate surface area is 149 Å². The molecule has 138 valence electrons. The van der Waals surface area contributed by atoms with Crippen LogP contribution in [0.5, 0.6) is 0 Å². The van der Waals surface area contributed by atoms with E-state index in [0.717, 1.165) is 11.1 Å². The highest BCUT2D eigenvalue weighted by atomic mass is 16.5. The van der Waals surface area contributed by atoms with Crippen LogP contribution in [0.25, 0.3) is 0 Å². The molecule has 0 radical (unpaired) electrons. The minimum atomic E-state index is -0.734. The molecule has 1 aliphatic heterocycles. The number of rotatable bonds is 6. The number of ether oxygens (including phenoxy) is 2. The number of carbonyl (C=O) groups is 2. The molecule has 0 spiro atoms. The maximum Gasteiger partial charge on any atom is 0.251 e. The number of hydrogen-bond donors (Lipinski definition) is 1. The third-order valence-electron chi connectivity index (χ3n) is 4.53. The predicted molar refractivity (Wildman–Crippen MR) is 95.1 cm³/mol. The van der Waals surface area contributed by atoms with Crippen molar-refractivity contribution in [3.8, 4) is 0 Å². The summed E-state index contributed by atoms with van der Waals surface area (Å²) in [6, 6.07) is 7.32. The molecule has 1 fully saturated rings. The number of likely N-dealkylation sites (N-methyl/N-ethyl adjacent to an activating group) is 1. The first-order valence-electron chi connectivity index (χ1n) is 8.46. The quantitative estimate of drug-likeness (QED) is 0.849. The lowest BCUT2D eigenvalue weighted by molar-refractivity contribution is -0.162. The molecule has 0 aromatic heterocycles. The van der Waals surface area contributed by atoms with Crippen molar-refractivity contribution < 1.29 is 19.1 Å². The maximum atomic E-state index is 12.8. The van der Waals surface area contributed by atoms with Crippen LogP contribution >= 0.6 is 0 Å². The van der Waals surface area contributed by atoms with Crippen molar-refractivity contribution in [3.05, 3.63) is 35.4 Å². The van der Waals surface area contributed by atoms with Crippen molar-refractivity contribution in [2.75, 3.05) is 33.9 Å². The van der Waals surface area contributed by atoms with Crippen molar-refractivity contribution in [1.29, 1.82) is 0 Å². The molecule has 1 N–H and O–H groups in total. The first-order chi connectivity index (χ1) is 11.8. The molecule has 0 unspecified atom stereocenters. The van der Waals surface area contributed by atoms with E-state index in [1.807, 2.05) is 45.0 Å². The molecular weight excluding hydrogens is 320 g/mol. The Morgan fingerprint density at radius 3 is 2.72 bits per heavy atom. The van der Waals surface area contributed by atoms with Gasteiger partial charge in [0.15, 0.2) is 6.10 Å². The molecule has 1 aliphatic rings. The molecule has 2 rings (SSSR count). The van der Waals surface area contributed by atoms with E-state index in [1.54, 1.807) is 19.1 Å². The van der Waals surface area contributed by atoms with Gasteiger partial charge < -0.3 is 19.7 Å². The molecule has 0 bridgehead atoms. The van der Waals surface area contributed by atoms with Crippen LogP contribution < -0.4 is 5.32 Å². The second-order valence-electron chi connectivity index (χ2n) is 7.35. The van der Waals surface area contributed by atoms with Crippen LogP contribution in [0, 0.1) is 12.3 Å². The lowest BCUT2D eigenvalue weighted by Crippen LogP contribution is -2.54. The molecule has 25 heavy (non-hydrogen) atoms. The van der Waals surface area contributed by atoms with E-state index >= 15 is 0 Å². The summed E-state index contributed by atoms with van der Waals surface area (Å²) in [7, 11) is 3.36. The summed E-state index contributed by atoms with van der Waals surface area (Å²) in [4.78, 5) is 26.5. The lowest BCUT2D eigenvalue weighted by Gasteiger charge is -2.39. The summed E-state index contributed by atoms with van der Waals surface area (Å²) in [5, 5.41) is 2.95. The first kappa shape index (κ1) is 19.4. The number of carbonyl (C=O) groups excluding carboxylic acids is 2. The van der Waals surface area contributed by atoms with Crippen molar-refractivity contribution >= 4 is 11.8 Å². The Kier molecular flexibility index (Phi) is 6.19. The van der Waals surface area contributed by atoms with Crippen LogP contribution in [-0.2, 0) is 19.1 Å². The number of methoxy groups -OCH3 is 1. The Bertz CT molecular complexity index is 630. The van der Waals surface area contributed by atoms with Gasteiger partial charge in [0.1, 0.15) is 6.61 Å². The Morgan fingerprint density at radius 2 is 2.08 bits per heavy atom. The van der Waals surface area contributed by atoms with Crippen LogP contribution in [0.15, 0.2) is 24.3 Å². The van der Waals surface area contributed by atoms with Gasteiger partial charge >= 0.3 is 0 Å². The number of hydrogen-bond acceptors (Lipinski definition) is 4. The fourth-order valence-electron chi connectivity index (χ4n) is 3.09. The van der Waals surface area contributed by atoms with E-state index in [4.69, 9.17) is 9.47 Å². The third kappa shape index (κ3) is 4.58. The zero-order valence-electron chi connectivity index (χ0n) is 15.7. The zero-order chi connectivity index (χ0) is 18.6. The minimum absolute atomic E-state index is 0.0849. The average Bonchev–Trinajstić information content (AvgIpc) is 2.56. The molecule has 2 atom stereocenters. The van der Waals surface area contributed by atoms with Crippen LogP contribution in [0.3, 0.4) is 0 Å². The van der Waals surface area contributed by atoms with E-state index < -0.39 is 12.1 Å². The van der Waals surface area contributed by atoms with E-state index in [-0.39, 0.29) is 23.8 Å². The Morgan fingerprint density at radius 1 is 1.40 bits per heavy atom. The SMILES string of the molecule is COCC(C)(C)CNC(=O)[C@H]1OCC(=O)N(C)[C@@H]1c1ccccc1C. The predicted octanol–water partition coefficient (Wildman–Crippen LogP) is 1.68. The van der Waals surface area contributed by atoms with Gasteiger partial charge in [0.2, 0.25) is 5.91 Å². The van der Waals surface area contributed by atoms with Gasteiger partial charge in [0.05, 0.1) is 12.6 Å². The molecule has 0 aliphatic carbocycles. The van der Waals surface area contributed by atoms with Crippen LogP contribution in [0.1, 0.15) is 31.0 Å². The number of nitrogens with zero attached hydrogens (tertiary/aromatic N) is 1. The lowest BCUT2D eigenvalue weighted by atomic mass is 9.92. The molecule has 1 heterocycles. The van der Waals surface area contributed by atoms with Crippen molar-refractivity contribution in [2.24, 2.45) is 5.41 Å². The summed E-state index contributed by atoms with van der Waals surface area (Å²) < 4.78 is 10.8. The van der Waals surface area contributed by atoms with E-state index in [1.165, 1.54) is 0 Å². The average molecular weight is 348 g/mol. The molecule has 1 aromatic carbocycles. The fraction of sp³-hybridized carbons (Fsp3) is 0.579. The standard InChI is InChI=1S/C19H28N2O4/c1-13-8-6-7-9-14(13)16-17(25-10-15(22)21(16)4)18(23)20-11-19(2,3)12-24-5/h6-9,16-17H,10-12H2,1-5H3,(H,20,23)/t16-,17+/m1/s1. The topological polar surface area (TPSA) is 67.9 Å². The molecule has 0 saturated carbocycles. The first-order valence-corrected chi connectivity index (χ1v) is 8.46. The molecule has 1 aromatic rings. The number of morpholine rings is 1. The van der Waals surface area contributed by atoms with E-state index in [9.17, 15) is 9.59 Å². The van der Waals surface area contributed by atoms with Crippen molar-refractivity contribution in [3.63, 3.8) is 0 Å². The van der Waals surface area contributed by atoms with Gasteiger partial charge in [-0.25, -0.2) is 0 Å². The molecular formula is C19H28N2O4. The normalized spacial score (nSPS) is 21.3. The summed E-state index contributed by atoms with van der Waals surface area (Å²) in [5.41, 5.74) is 1.77. The third-order valence-corrected chi connectivity index (χ3v) is 4.53.